The Balaban J connectivity index is 2.55. The summed E-state index contributed by atoms with van der Waals surface area (Å²) in [5.41, 5.74) is 0.560. The number of carbonyl (C=O) groups is 1. The molecule has 1 aliphatic carbocycles. The third-order valence-electron chi connectivity index (χ3n) is 1.36. The summed E-state index contributed by atoms with van der Waals surface area (Å²) in [6.45, 7) is 0. The summed E-state index contributed by atoms with van der Waals surface area (Å²) in [4.78, 5) is 15.2. The number of ketones is 1. The molecule has 6 heteroatoms. The molecule has 0 saturated heterocycles. The van der Waals surface area contributed by atoms with E-state index in [1.807, 2.05) is 22.6 Å². The minimum Gasteiger partial charge on any atom is -0.364 e. The van der Waals surface area contributed by atoms with Crippen molar-refractivity contribution < 1.29 is 9.63 Å². The minimum atomic E-state index is -0.621. The molecule has 0 amide bonds. The maximum atomic E-state index is 11.1. The van der Waals surface area contributed by atoms with Crippen LogP contribution in [-0.2, 0) is 9.63 Å². The van der Waals surface area contributed by atoms with Crippen molar-refractivity contribution in [3.8, 4) is 0 Å². The number of oxime groups is 1. The number of alkyl halides is 2. The van der Waals surface area contributed by atoms with Gasteiger partial charge in [-0.05, 0) is 46.9 Å². The fourth-order valence-electron chi connectivity index (χ4n) is 0.732. The van der Waals surface area contributed by atoms with Crippen LogP contribution in [0.5, 0.6) is 0 Å². The van der Waals surface area contributed by atoms with Crippen LogP contribution >= 0.6 is 45.8 Å². The van der Waals surface area contributed by atoms with Gasteiger partial charge in [-0.3, -0.25) is 4.79 Å². The summed E-state index contributed by atoms with van der Waals surface area (Å²) >= 11 is 12.8. The third-order valence-corrected chi connectivity index (χ3v) is 2.49. The summed E-state index contributed by atoms with van der Waals surface area (Å²) in [6.07, 6.45) is 7.33. The van der Waals surface area contributed by atoms with Crippen molar-refractivity contribution in [2.75, 3.05) is 0 Å². The summed E-state index contributed by atoms with van der Waals surface area (Å²) in [5.74, 6) is -0.0355. The van der Waals surface area contributed by atoms with Crippen LogP contribution in [0.1, 0.15) is 0 Å². The zero-order valence-corrected chi connectivity index (χ0v) is 11.0. The van der Waals surface area contributed by atoms with Gasteiger partial charge in [0, 0.05) is 0 Å². The van der Waals surface area contributed by atoms with E-state index in [0.29, 0.717) is 9.29 Å². The number of hydrogen-bond donors (Lipinski definition) is 0. The van der Waals surface area contributed by atoms with Crippen LogP contribution in [0, 0.1) is 0 Å². The number of halogens is 3. The lowest BCUT2D eigenvalue weighted by molar-refractivity contribution is -0.110. The van der Waals surface area contributed by atoms with Crippen molar-refractivity contribution >= 4 is 57.3 Å². The Bertz CT molecular complexity index is 372. The van der Waals surface area contributed by atoms with Gasteiger partial charge in [0.25, 0.3) is 0 Å². The van der Waals surface area contributed by atoms with Crippen molar-refractivity contribution in [3.63, 3.8) is 0 Å². The second-order valence-electron chi connectivity index (χ2n) is 2.47. The second-order valence-corrected chi connectivity index (χ2v) is 4.80. The second kappa shape index (κ2) is 6.30. The van der Waals surface area contributed by atoms with Crippen molar-refractivity contribution in [1.29, 1.82) is 0 Å². The standard InChI is InChI=1S/C9H6Cl2INO2/c10-9(11)3-4-15-13-6-1-2-8(14)7(12)5-6/h1-5,9H. The van der Waals surface area contributed by atoms with Crippen LogP contribution in [0.2, 0.25) is 0 Å². The average molecular weight is 358 g/mol. The van der Waals surface area contributed by atoms with Gasteiger partial charge in [0.1, 0.15) is 16.8 Å². The molecule has 80 valence electrons. The minimum absolute atomic E-state index is 0.0355. The van der Waals surface area contributed by atoms with Crippen LogP contribution in [0.3, 0.4) is 0 Å². The van der Waals surface area contributed by atoms with E-state index >= 15 is 0 Å². The molecule has 0 N–H and O–H groups in total. The molecule has 0 bridgehead atoms. The van der Waals surface area contributed by atoms with E-state index in [1.165, 1.54) is 18.4 Å². The van der Waals surface area contributed by atoms with Gasteiger partial charge in [-0.1, -0.05) is 5.16 Å². The summed E-state index contributed by atoms with van der Waals surface area (Å²) < 4.78 is 0.592. The fourth-order valence-corrected chi connectivity index (χ4v) is 1.35. The van der Waals surface area contributed by atoms with Crippen LogP contribution in [0.4, 0.5) is 0 Å². The zero-order valence-electron chi connectivity index (χ0n) is 7.36. The molecule has 0 aromatic heterocycles. The topological polar surface area (TPSA) is 38.7 Å². The van der Waals surface area contributed by atoms with Gasteiger partial charge in [0.05, 0.1) is 3.58 Å². The van der Waals surface area contributed by atoms with Gasteiger partial charge in [0.2, 0.25) is 0 Å². The van der Waals surface area contributed by atoms with E-state index in [0.717, 1.165) is 0 Å². The Hall–Kier alpha value is -0.330. The molecule has 0 radical (unpaired) electrons. The van der Waals surface area contributed by atoms with Crippen LogP contribution in [0.15, 0.2) is 39.3 Å². The van der Waals surface area contributed by atoms with E-state index in [1.54, 1.807) is 12.2 Å². The monoisotopic (exact) mass is 357 g/mol. The van der Waals surface area contributed by atoms with Crippen molar-refractivity contribution in [2.24, 2.45) is 5.16 Å². The Kier molecular flexibility index (Phi) is 5.35. The fraction of sp³-hybridized carbons (Fsp3) is 0.111. The van der Waals surface area contributed by atoms with Crippen LogP contribution in [0.25, 0.3) is 0 Å². The number of rotatable bonds is 3. The first-order valence-corrected chi connectivity index (χ1v) is 5.83. The maximum Gasteiger partial charge on any atom is 0.192 e. The van der Waals surface area contributed by atoms with E-state index < -0.39 is 4.84 Å². The molecule has 0 aromatic rings. The zero-order chi connectivity index (χ0) is 11.3. The molecule has 1 aliphatic rings. The van der Waals surface area contributed by atoms with E-state index in [-0.39, 0.29) is 5.78 Å². The van der Waals surface area contributed by atoms with Gasteiger partial charge in [-0.25, -0.2) is 0 Å². The highest BCUT2D eigenvalue weighted by Crippen LogP contribution is 2.13. The molecular weight excluding hydrogens is 352 g/mol. The van der Waals surface area contributed by atoms with Gasteiger partial charge in [0.15, 0.2) is 5.78 Å². The SMILES string of the molecule is O=C1C=CC(=NOC=CC(Cl)Cl)C=C1I. The number of nitrogens with zero attached hydrogens (tertiary/aromatic N) is 1. The van der Waals surface area contributed by atoms with Gasteiger partial charge >= 0.3 is 0 Å². The predicted octanol–water partition coefficient (Wildman–Crippen LogP) is 3.13. The van der Waals surface area contributed by atoms with E-state index in [2.05, 4.69) is 5.16 Å². The lowest BCUT2D eigenvalue weighted by Crippen LogP contribution is -2.03. The largest absolute Gasteiger partial charge is 0.364 e. The Morgan fingerprint density at radius 2 is 2.20 bits per heavy atom. The smallest absolute Gasteiger partial charge is 0.192 e. The van der Waals surface area contributed by atoms with Crippen LogP contribution < -0.4 is 0 Å². The normalized spacial score (nSPS) is 19.1. The highest BCUT2D eigenvalue weighted by molar-refractivity contribution is 14.1. The highest BCUT2D eigenvalue weighted by atomic mass is 127. The molecule has 0 fully saturated rings. The van der Waals surface area contributed by atoms with Crippen molar-refractivity contribution in [3.05, 3.63) is 34.1 Å². The molecule has 15 heavy (non-hydrogen) atoms. The van der Waals surface area contributed by atoms with Crippen molar-refractivity contribution in [2.45, 2.75) is 4.84 Å². The molecule has 0 aromatic carbocycles. The Morgan fingerprint density at radius 3 is 2.80 bits per heavy atom. The summed E-state index contributed by atoms with van der Waals surface area (Å²) in [5, 5.41) is 3.73. The first-order chi connectivity index (χ1) is 7.09. The number of allylic oxidation sites excluding steroid dienone is 5. The van der Waals surface area contributed by atoms with E-state index in [9.17, 15) is 4.79 Å². The Labute approximate surface area is 111 Å². The third kappa shape index (κ3) is 4.81. The molecule has 3 nitrogen and oxygen atoms in total. The highest BCUT2D eigenvalue weighted by Gasteiger charge is 2.08. The molecule has 0 spiro atoms. The summed E-state index contributed by atoms with van der Waals surface area (Å²) in [6, 6.07) is 0. The molecule has 1 rings (SSSR count). The predicted molar refractivity (Wildman–Crippen MR) is 69.4 cm³/mol. The lowest BCUT2D eigenvalue weighted by Gasteiger charge is -2.00. The quantitative estimate of drug-likeness (QED) is 0.256. The first kappa shape index (κ1) is 12.7. The first-order valence-electron chi connectivity index (χ1n) is 3.88. The molecule has 0 unspecified atom stereocenters. The molecule has 0 aliphatic heterocycles. The number of carbonyl (C=O) groups excluding carboxylic acids is 1. The Morgan fingerprint density at radius 1 is 1.47 bits per heavy atom. The molecule has 0 heterocycles. The molecular formula is C9H6Cl2INO2. The van der Waals surface area contributed by atoms with Crippen LogP contribution in [-0.4, -0.2) is 16.3 Å². The van der Waals surface area contributed by atoms with Gasteiger partial charge in [-0.15, -0.1) is 23.2 Å². The molecule has 0 saturated carbocycles. The molecule has 0 atom stereocenters. The van der Waals surface area contributed by atoms with Gasteiger partial charge in [-0.2, -0.15) is 0 Å². The summed E-state index contributed by atoms with van der Waals surface area (Å²) in [7, 11) is 0. The van der Waals surface area contributed by atoms with Crippen molar-refractivity contribution in [1.82, 2.24) is 0 Å². The maximum absolute atomic E-state index is 11.1. The number of hydrogen-bond acceptors (Lipinski definition) is 3. The lowest BCUT2D eigenvalue weighted by atomic mass is 10.2. The average Bonchev–Trinajstić information content (AvgIpc) is 2.18. The van der Waals surface area contributed by atoms with Gasteiger partial charge < -0.3 is 4.84 Å². The van der Waals surface area contributed by atoms with E-state index in [4.69, 9.17) is 28.0 Å².